The van der Waals surface area contributed by atoms with Crippen LogP contribution < -0.4 is 9.61 Å². The molecule has 0 saturated heterocycles. The third-order valence-electron chi connectivity index (χ3n) is 1.85. The van der Waals surface area contributed by atoms with E-state index in [9.17, 15) is 9.18 Å². The van der Waals surface area contributed by atoms with E-state index >= 15 is 0 Å². The summed E-state index contributed by atoms with van der Waals surface area (Å²) in [7, 11) is 1.38. The van der Waals surface area contributed by atoms with Crippen molar-refractivity contribution < 1.29 is 9.13 Å². The summed E-state index contributed by atoms with van der Waals surface area (Å²) < 4.78 is 18.5. The molecule has 0 unspecified atom stereocenters. The Bertz CT molecular complexity index is 535. The second kappa shape index (κ2) is 3.82. The van der Waals surface area contributed by atoms with Gasteiger partial charge in [0.2, 0.25) is 0 Å². The number of methoxy groups -OCH3 is 1. The molecule has 0 bridgehead atoms. The Balaban J connectivity index is 2.58. The minimum Gasteiger partial charge on any atom is -0.494 e. The molecule has 1 aromatic carbocycles. The summed E-state index contributed by atoms with van der Waals surface area (Å²) in [5.74, 6) is -0.377. The minimum absolute atomic E-state index is 0.134. The first-order valence-electron chi connectivity index (χ1n) is 4.10. The Morgan fingerprint density at radius 1 is 1.53 bits per heavy atom. The van der Waals surface area contributed by atoms with Gasteiger partial charge in [-0.1, -0.05) is 17.4 Å². The first-order chi connectivity index (χ1) is 7.22. The maximum atomic E-state index is 13.7. The van der Waals surface area contributed by atoms with E-state index < -0.39 is 5.82 Å². The van der Waals surface area contributed by atoms with E-state index in [-0.39, 0.29) is 16.2 Å². The number of ether oxygens (including phenoxy) is 1. The lowest BCUT2D eigenvalue weighted by Crippen LogP contribution is -1.91. The second-order valence-corrected chi connectivity index (χ2v) is 3.70. The SMILES string of the molecule is COc1cccc(-c2n[nH]c(=O)s2)c1F. The lowest BCUT2D eigenvalue weighted by atomic mass is 10.2. The first-order valence-corrected chi connectivity index (χ1v) is 4.92. The smallest absolute Gasteiger partial charge is 0.322 e. The molecule has 78 valence electrons. The van der Waals surface area contributed by atoms with Crippen LogP contribution in [0.15, 0.2) is 23.0 Å². The molecule has 4 nitrogen and oxygen atoms in total. The lowest BCUT2D eigenvalue weighted by Gasteiger charge is -2.03. The number of benzene rings is 1. The number of hydrogen-bond acceptors (Lipinski definition) is 4. The number of rotatable bonds is 2. The largest absolute Gasteiger partial charge is 0.494 e. The summed E-state index contributed by atoms with van der Waals surface area (Å²) in [6, 6.07) is 4.70. The molecule has 2 aromatic rings. The summed E-state index contributed by atoms with van der Waals surface area (Å²) in [6.45, 7) is 0. The second-order valence-electron chi connectivity index (χ2n) is 2.74. The number of aromatic amines is 1. The van der Waals surface area contributed by atoms with Gasteiger partial charge in [-0.3, -0.25) is 4.79 Å². The van der Waals surface area contributed by atoms with E-state index in [4.69, 9.17) is 4.74 Å². The Morgan fingerprint density at radius 3 is 2.93 bits per heavy atom. The Hall–Kier alpha value is -1.69. The van der Waals surface area contributed by atoms with Crippen LogP contribution in [0.5, 0.6) is 5.75 Å². The van der Waals surface area contributed by atoms with Crippen LogP contribution in [0.1, 0.15) is 0 Å². The van der Waals surface area contributed by atoms with Crippen LogP contribution in [0.3, 0.4) is 0 Å². The molecule has 1 aromatic heterocycles. The highest BCUT2D eigenvalue weighted by Crippen LogP contribution is 2.28. The number of aromatic nitrogens is 2. The summed E-state index contributed by atoms with van der Waals surface area (Å²) >= 11 is 0.856. The van der Waals surface area contributed by atoms with Gasteiger partial charge in [0.05, 0.1) is 12.7 Å². The molecule has 1 N–H and O–H groups in total. The Labute approximate surface area is 88.3 Å². The fraction of sp³-hybridized carbons (Fsp3) is 0.111. The van der Waals surface area contributed by atoms with Gasteiger partial charge in [0.1, 0.15) is 0 Å². The zero-order chi connectivity index (χ0) is 10.8. The van der Waals surface area contributed by atoms with Crippen LogP contribution in [0.25, 0.3) is 10.6 Å². The van der Waals surface area contributed by atoms with Gasteiger partial charge in [0.25, 0.3) is 0 Å². The van der Waals surface area contributed by atoms with Gasteiger partial charge in [-0.2, -0.15) is 5.10 Å². The molecule has 0 aliphatic rings. The molecule has 0 atom stereocenters. The third kappa shape index (κ3) is 1.75. The van der Waals surface area contributed by atoms with E-state index in [1.165, 1.54) is 13.2 Å². The highest BCUT2D eigenvalue weighted by atomic mass is 32.1. The van der Waals surface area contributed by atoms with Crippen molar-refractivity contribution in [3.63, 3.8) is 0 Å². The minimum atomic E-state index is -0.511. The van der Waals surface area contributed by atoms with Gasteiger partial charge in [-0.25, -0.2) is 9.49 Å². The summed E-state index contributed by atoms with van der Waals surface area (Å²) in [6.07, 6.45) is 0. The van der Waals surface area contributed by atoms with Gasteiger partial charge in [0, 0.05) is 0 Å². The molecule has 6 heteroatoms. The zero-order valence-corrected chi connectivity index (χ0v) is 8.60. The van der Waals surface area contributed by atoms with Gasteiger partial charge in [-0.05, 0) is 12.1 Å². The molecular formula is C9H7FN2O2S. The number of hydrogen-bond donors (Lipinski definition) is 1. The molecule has 0 saturated carbocycles. The molecule has 0 aliphatic carbocycles. The quantitative estimate of drug-likeness (QED) is 0.847. The van der Waals surface area contributed by atoms with E-state index in [0.717, 1.165) is 11.3 Å². The van der Waals surface area contributed by atoms with Gasteiger partial charge < -0.3 is 4.74 Å². The van der Waals surface area contributed by atoms with E-state index in [1.54, 1.807) is 12.1 Å². The maximum absolute atomic E-state index is 13.7. The highest BCUT2D eigenvalue weighted by molar-refractivity contribution is 7.12. The topological polar surface area (TPSA) is 55.0 Å². The molecule has 0 aliphatic heterocycles. The van der Waals surface area contributed by atoms with Crippen molar-refractivity contribution in [3.05, 3.63) is 33.7 Å². The predicted octanol–water partition coefficient (Wildman–Crippen LogP) is 1.65. The summed E-state index contributed by atoms with van der Waals surface area (Å²) in [5, 5.41) is 6.26. The Morgan fingerprint density at radius 2 is 2.33 bits per heavy atom. The van der Waals surface area contributed by atoms with E-state index in [0.29, 0.717) is 5.01 Å². The van der Waals surface area contributed by atoms with Gasteiger partial charge >= 0.3 is 4.87 Å². The van der Waals surface area contributed by atoms with Crippen molar-refractivity contribution in [2.45, 2.75) is 0 Å². The average Bonchev–Trinajstić information content (AvgIpc) is 2.65. The molecule has 0 radical (unpaired) electrons. The van der Waals surface area contributed by atoms with Gasteiger partial charge in [0.15, 0.2) is 16.6 Å². The molecule has 2 rings (SSSR count). The van der Waals surface area contributed by atoms with Crippen molar-refractivity contribution in [2.24, 2.45) is 0 Å². The van der Waals surface area contributed by atoms with Crippen LogP contribution in [0.4, 0.5) is 4.39 Å². The average molecular weight is 226 g/mol. The van der Waals surface area contributed by atoms with Crippen molar-refractivity contribution in [2.75, 3.05) is 7.11 Å². The van der Waals surface area contributed by atoms with Crippen LogP contribution >= 0.6 is 11.3 Å². The van der Waals surface area contributed by atoms with Crippen molar-refractivity contribution in [1.29, 1.82) is 0 Å². The monoisotopic (exact) mass is 226 g/mol. The van der Waals surface area contributed by atoms with E-state index in [2.05, 4.69) is 10.2 Å². The van der Waals surface area contributed by atoms with Crippen molar-refractivity contribution in [3.8, 4) is 16.3 Å². The Kier molecular flexibility index (Phi) is 2.51. The lowest BCUT2D eigenvalue weighted by molar-refractivity contribution is 0.387. The molecule has 1 heterocycles. The van der Waals surface area contributed by atoms with Crippen LogP contribution in [0, 0.1) is 5.82 Å². The van der Waals surface area contributed by atoms with Crippen LogP contribution in [-0.4, -0.2) is 17.3 Å². The van der Waals surface area contributed by atoms with Crippen LogP contribution in [-0.2, 0) is 0 Å². The molecule has 0 fully saturated rings. The van der Waals surface area contributed by atoms with E-state index in [1.807, 2.05) is 0 Å². The predicted molar refractivity (Wildman–Crippen MR) is 54.7 cm³/mol. The van der Waals surface area contributed by atoms with Gasteiger partial charge in [-0.15, -0.1) is 0 Å². The fourth-order valence-corrected chi connectivity index (χ4v) is 1.80. The third-order valence-corrected chi connectivity index (χ3v) is 2.63. The number of H-pyrrole nitrogens is 1. The normalized spacial score (nSPS) is 10.3. The maximum Gasteiger partial charge on any atom is 0.322 e. The number of nitrogens with zero attached hydrogens (tertiary/aromatic N) is 1. The number of nitrogens with one attached hydrogen (secondary N) is 1. The summed E-state index contributed by atoms with van der Waals surface area (Å²) in [5.41, 5.74) is 0.262. The molecule has 0 spiro atoms. The first kappa shape index (κ1) is 9.85. The molecule has 15 heavy (non-hydrogen) atoms. The summed E-state index contributed by atoms with van der Waals surface area (Å²) in [4.78, 5) is 10.6. The zero-order valence-electron chi connectivity index (χ0n) is 7.78. The highest BCUT2D eigenvalue weighted by Gasteiger charge is 2.13. The van der Waals surface area contributed by atoms with Crippen molar-refractivity contribution in [1.82, 2.24) is 10.2 Å². The molecule has 0 amide bonds. The van der Waals surface area contributed by atoms with Crippen molar-refractivity contribution >= 4 is 11.3 Å². The van der Waals surface area contributed by atoms with Crippen LogP contribution in [0.2, 0.25) is 0 Å². The number of halogens is 1. The fourth-order valence-electron chi connectivity index (χ4n) is 1.18. The standard InChI is InChI=1S/C9H7FN2O2S/c1-14-6-4-2-3-5(7(6)10)8-11-12-9(13)15-8/h2-4H,1H3,(H,12,13). The molecular weight excluding hydrogens is 219 g/mol.